The number of hydrogen-bond donors (Lipinski definition) is 0. The van der Waals surface area contributed by atoms with E-state index in [1.165, 1.54) is 0 Å². The van der Waals surface area contributed by atoms with Crippen LogP contribution in [0.15, 0.2) is 108 Å². The molecule has 5 aromatic rings. The van der Waals surface area contributed by atoms with Gasteiger partial charge in [0.2, 0.25) is 0 Å². The first-order valence-corrected chi connectivity index (χ1v) is 10.7. The average molecular weight is 434 g/mol. The average Bonchev–Trinajstić information content (AvgIpc) is 2.88. The van der Waals surface area contributed by atoms with Crippen LogP contribution in [0.5, 0.6) is 11.5 Å². The Kier molecular flexibility index (Phi) is 5.41. The van der Waals surface area contributed by atoms with Crippen LogP contribution in [0.25, 0.3) is 38.9 Å². The number of ether oxygens (including phenoxy) is 2. The van der Waals surface area contributed by atoms with Gasteiger partial charge >= 0.3 is 0 Å². The molecule has 0 aliphatic carbocycles. The second kappa shape index (κ2) is 8.67. The quantitative estimate of drug-likeness (QED) is 0.326. The second-order valence-electron chi connectivity index (χ2n) is 7.74. The number of methoxy groups -OCH3 is 2. The first-order chi connectivity index (χ1) is 16.2. The Hall–Kier alpha value is -4.31. The number of pyridine rings is 2. The minimum atomic E-state index is -0.0688. The van der Waals surface area contributed by atoms with Crippen LogP contribution < -0.4 is 15.0 Å². The molecule has 0 unspecified atom stereocenters. The lowest BCUT2D eigenvalue weighted by molar-refractivity contribution is 0.414. The number of nitrogens with zero attached hydrogens (tertiary/aromatic N) is 1. The maximum Gasteiger partial charge on any atom is 0.255 e. The first-order valence-electron chi connectivity index (χ1n) is 10.7. The highest BCUT2D eigenvalue weighted by molar-refractivity contribution is 6.00. The Balaban J connectivity index is 1.93. The minimum absolute atomic E-state index is 0.0688. The topological polar surface area (TPSA) is 39.9 Å². The van der Waals surface area contributed by atoms with Crippen LogP contribution in [0, 0.1) is 0 Å². The smallest absolute Gasteiger partial charge is 0.255 e. The number of rotatable bonds is 5. The molecule has 3 aromatic carbocycles. The van der Waals surface area contributed by atoms with E-state index in [0.717, 1.165) is 50.4 Å². The van der Waals surface area contributed by atoms with Gasteiger partial charge in [-0.25, -0.2) is 0 Å². The summed E-state index contributed by atoms with van der Waals surface area (Å²) in [5.41, 5.74) is 6.88. The molecule has 0 atom stereocenters. The molecule has 0 saturated heterocycles. The fourth-order valence-corrected chi connectivity index (χ4v) is 4.24. The minimum Gasteiger partial charge on any atom is -0.497 e. The van der Waals surface area contributed by atoms with Gasteiger partial charge in [-0.3, -0.25) is 9.20 Å². The Morgan fingerprint density at radius 1 is 0.576 bits per heavy atom. The van der Waals surface area contributed by atoms with Crippen molar-refractivity contribution in [1.82, 2.24) is 4.40 Å². The van der Waals surface area contributed by atoms with Crippen molar-refractivity contribution in [2.24, 2.45) is 0 Å². The lowest BCUT2D eigenvalue weighted by Gasteiger charge is -2.20. The molecule has 5 rings (SSSR count). The molecular formula is C29H23NO3. The van der Waals surface area contributed by atoms with E-state index >= 15 is 0 Å². The summed E-state index contributed by atoms with van der Waals surface area (Å²) in [6.45, 7) is 0. The number of aromatic nitrogens is 1. The molecule has 0 aliphatic rings. The van der Waals surface area contributed by atoms with Gasteiger partial charge < -0.3 is 9.47 Å². The molecule has 0 amide bonds. The van der Waals surface area contributed by atoms with E-state index in [1.807, 2.05) is 72.9 Å². The monoisotopic (exact) mass is 433 g/mol. The third-order valence-electron chi connectivity index (χ3n) is 5.87. The summed E-state index contributed by atoms with van der Waals surface area (Å²) in [7, 11) is 3.32. The number of hydrogen-bond acceptors (Lipinski definition) is 3. The van der Waals surface area contributed by atoms with Crippen molar-refractivity contribution in [3.8, 4) is 44.9 Å². The van der Waals surface area contributed by atoms with Crippen LogP contribution in [0.1, 0.15) is 0 Å². The summed E-state index contributed by atoms with van der Waals surface area (Å²) in [5.74, 6) is 1.58. The van der Waals surface area contributed by atoms with Crippen molar-refractivity contribution in [3.63, 3.8) is 0 Å². The van der Waals surface area contributed by atoms with Gasteiger partial charge in [-0.05, 0) is 47.0 Å². The molecule has 0 bridgehead atoms. The molecule has 0 saturated carbocycles. The lowest BCUT2D eigenvalue weighted by atomic mass is 9.88. The highest BCUT2D eigenvalue weighted by Gasteiger charge is 2.19. The van der Waals surface area contributed by atoms with Crippen LogP contribution >= 0.6 is 0 Å². The van der Waals surface area contributed by atoms with Crippen LogP contribution in [-0.2, 0) is 0 Å². The fourth-order valence-electron chi connectivity index (χ4n) is 4.24. The zero-order valence-corrected chi connectivity index (χ0v) is 18.5. The molecule has 4 heteroatoms. The second-order valence-corrected chi connectivity index (χ2v) is 7.74. The normalized spacial score (nSPS) is 10.8. The molecule has 0 radical (unpaired) electrons. The molecule has 2 heterocycles. The van der Waals surface area contributed by atoms with Crippen LogP contribution in [-0.4, -0.2) is 18.6 Å². The van der Waals surface area contributed by atoms with E-state index < -0.39 is 0 Å². The maximum absolute atomic E-state index is 12.9. The van der Waals surface area contributed by atoms with Crippen LogP contribution in [0.2, 0.25) is 0 Å². The molecule has 0 spiro atoms. The van der Waals surface area contributed by atoms with E-state index in [4.69, 9.17) is 9.47 Å². The highest BCUT2D eigenvalue weighted by Crippen LogP contribution is 2.42. The standard InChI is InChI=1S/C29H23NO3/c1-32-23-15-11-21(12-16-23)28-25(20-7-4-3-5-8-20)19-30-26(9-6-10-27(30)31)29(28)22-13-17-24(33-2)18-14-22/h3-19H,1-2H3. The summed E-state index contributed by atoms with van der Waals surface area (Å²) >= 11 is 0. The fraction of sp³-hybridized carbons (Fsp3) is 0.0690. The zero-order valence-electron chi connectivity index (χ0n) is 18.5. The molecule has 0 N–H and O–H groups in total. The van der Waals surface area contributed by atoms with Gasteiger partial charge in [0.15, 0.2) is 0 Å². The summed E-state index contributed by atoms with van der Waals surface area (Å²) in [6.07, 6.45) is 1.94. The summed E-state index contributed by atoms with van der Waals surface area (Å²) in [5, 5.41) is 0. The zero-order chi connectivity index (χ0) is 22.8. The highest BCUT2D eigenvalue weighted by atomic mass is 16.5. The third-order valence-corrected chi connectivity index (χ3v) is 5.87. The van der Waals surface area contributed by atoms with E-state index in [-0.39, 0.29) is 5.56 Å². The Bertz CT molecular complexity index is 1470. The molecule has 4 nitrogen and oxygen atoms in total. The predicted molar refractivity (Wildman–Crippen MR) is 133 cm³/mol. The largest absolute Gasteiger partial charge is 0.497 e. The Labute approximate surface area is 192 Å². The summed E-state index contributed by atoms with van der Waals surface area (Å²) in [6, 6.07) is 31.5. The van der Waals surface area contributed by atoms with Crippen molar-refractivity contribution >= 4 is 5.52 Å². The molecule has 162 valence electrons. The lowest BCUT2D eigenvalue weighted by Crippen LogP contribution is -2.13. The van der Waals surface area contributed by atoms with Crippen molar-refractivity contribution in [1.29, 1.82) is 0 Å². The van der Waals surface area contributed by atoms with Crippen LogP contribution in [0.4, 0.5) is 0 Å². The Morgan fingerprint density at radius 3 is 1.73 bits per heavy atom. The van der Waals surface area contributed by atoms with Crippen LogP contribution in [0.3, 0.4) is 0 Å². The molecule has 33 heavy (non-hydrogen) atoms. The summed E-state index contributed by atoms with van der Waals surface area (Å²) in [4.78, 5) is 12.9. The van der Waals surface area contributed by atoms with Gasteiger partial charge in [-0.2, -0.15) is 0 Å². The van der Waals surface area contributed by atoms with Gasteiger partial charge in [-0.15, -0.1) is 0 Å². The Morgan fingerprint density at radius 2 is 1.15 bits per heavy atom. The van der Waals surface area contributed by atoms with E-state index in [1.54, 1.807) is 24.7 Å². The van der Waals surface area contributed by atoms with E-state index in [0.29, 0.717) is 0 Å². The van der Waals surface area contributed by atoms with Crippen molar-refractivity contribution in [2.75, 3.05) is 14.2 Å². The summed E-state index contributed by atoms with van der Waals surface area (Å²) < 4.78 is 12.5. The maximum atomic E-state index is 12.9. The molecule has 0 aliphatic heterocycles. The predicted octanol–water partition coefficient (Wildman–Crippen LogP) is 6.32. The van der Waals surface area contributed by atoms with Gasteiger partial charge in [0.05, 0.1) is 19.7 Å². The number of benzene rings is 3. The van der Waals surface area contributed by atoms with E-state index in [2.05, 4.69) is 24.3 Å². The SMILES string of the molecule is COc1ccc(-c2c(-c3ccccc3)cn3c(=O)cccc3c2-c2ccc(OC)cc2)cc1. The third kappa shape index (κ3) is 3.76. The molecule has 2 aromatic heterocycles. The van der Waals surface area contributed by atoms with Gasteiger partial charge in [0, 0.05) is 29.0 Å². The molecule has 0 fully saturated rings. The van der Waals surface area contributed by atoms with E-state index in [9.17, 15) is 4.79 Å². The number of fused-ring (bicyclic) bond motifs is 1. The molecular weight excluding hydrogens is 410 g/mol. The van der Waals surface area contributed by atoms with Gasteiger partial charge in [0.1, 0.15) is 11.5 Å². The van der Waals surface area contributed by atoms with Crippen molar-refractivity contribution < 1.29 is 9.47 Å². The van der Waals surface area contributed by atoms with Crippen molar-refractivity contribution in [2.45, 2.75) is 0 Å². The first kappa shape index (κ1) is 20.6. The van der Waals surface area contributed by atoms with Crippen molar-refractivity contribution in [3.05, 3.63) is 114 Å². The van der Waals surface area contributed by atoms with Gasteiger partial charge in [-0.1, -0.05) is 60.7 Å². The van der Waals surface area contributed by atoms with Gasteiger partial charge in [0.25, 0.3) is 5.56 Å².